The molecule has 0 saturated carbocycles. The van der Waals surface area contributed by atoms with Crippen LogP contribution in [0.2, 0.25) is 0 Å². The standard InChI is InChI=1S/C23H20O3S.C2H6/c1-15-5-3-4-6-19(15)23-22(26-17-9-7-16(14-24)8-10-17)20-12-11-18(25-2)13-21(20)27-23;1-2/h3-13,24H,14H2,1-2H3;1-2H3. The van der Waals surface area contributed by atoms with Crippen molar-refractivity contribution in [1.82, 2.24) is 0 Å². The second-order valence-electron chi connectivity index (χ2n) is 6.34. The second-order valence-corrected chi connectivity index (χ2v) is 7.39. The van der Waals surface area contributed by atoms with E-state index in [-0.39, 0.29) is 6.61 Å². The largest absolute Gasteiger partial charge is 0.497 e. The fourth-order valence-electron chi connectivity index (χ4n) is 3.07. The highest BCUT2D eigenvalue weighted by atomic mass is 32.1. The molecule has 4 aromatic rings. The van der Waals surface area contributed by atoms with Gasteiger partial charge < -0.3 is 14.6 Å². The lowest BCUT2D eigenvalue weighted by molar-refractivity contribution is 0.281. The van der Waals surface area contributed by atoms with E-state index in [0.717, 1.165) is 37.8 Å². The van der Waals surface area contributed by atoms with Crippen LogP contribution in [0.25, 0.3) is 20.5 Å². The van der Waals surface area contributed by atoms with Crippen molar-refractivity contribution in [3.05, 3.63) is 77.9 Å². The Balaban J connectivity index is 0.00000117. The molecule has 3 nitrogen and oxygen atoms in total. The van der Waals surface area contributed by atoms with Gasteiger partial charge in [-0.05, 0) is 53.9 Å². The number of hydrogen-bond donors (Lipinski definition) is 1. The van der Waals surface area contributed by atoms with Gasteiger partial charge in [0, 0.05) is 10.1 Å². The molecule has 0 fully saturated rings. The van der Waals surface area contributed by atoms with E-state index >= 15 is 0 Å². The van der Waals surface area contributed by atoms with Crippen molar-refractivity contribution in [2.75, 3.05) is 7.11 Å². The summed E-state index contributed by atoms with van der Waals surface area (Å²) in [7, 11) is 1.68. The molecule has 1 heterocycles. The van der Waals surface area contributed by atoms with Crippen molar-refractivity contribution >= 4 is 21.4 Å². The molecule has 150 valence electrons. The number of aliphatic hydroxyl groups is 1. The Morgan fingerprint density at radius 2 is 1.59 bits per heavy atom. The Kier molecular flexibility index (Phi) is 6.91. The molecule has 4 rings (SSSR count). The maximum atomic E-state index is 9.25. The van der Waals surface area contributed by atoms with Gasteiger partial charge in [-0.2, -0.15) is 0 Å². The highest BCUT2D eigenvalue weighted by Crippen LogP contribution is 2.47. The van der Waals surface area contributed by atoms with Crippen LogP contribution >= 0.6 is 11.3 Å². The van der Waals surface area contributed by atoms with Gasteiger partial charge >= 0.3 is 0 Å². The number of ether oxygens (including phenoxy) is 2. The van der Waals surface area contributed by atoms with E-state index in [0.29, 0.717) is 0 Å². The Hall–Kier alpha value is -2.82. The summed E-state index contributed by atoms with van der Waals surface area (Å²) in [4.78, 5) is 1.10. The summed E-state index contributed by atoms with van der Waals surface area (Å²) >= 11 is 1.70. The van der Waals surface area contributed by atoms with Gasteiger partial charge in [-0.3, -0.25) is 0 Å². The zero-order valence-electron chi connectivity index (χ0n) is 17.2. The molecule has 0 aliphatic rings. The van der Waals surface area contributed by atoms with Gasteiger partial charge in [-0.25, -0.2) is 0 Å². The van der Waals surface area contributed by atoms with Crippen molar-refractivity contribution < 1.29 is 14.6 Å². The summed E-state index contributed by atoms with van der Waals surface area (Å²) in [5, 5.41) is 10.3. The monoisotopic (exact) mass is 406 g/mol. The minimum atomic E-state index is 0.0237. The van der Waals surface area contributed by atoms with Crippen molar-refractivity contribution in [3.8, 4) is 27.7 Å². The van der Waals surface area contributed by atoms with Crippen molar-refractivity contribution in [1.29, 1.82) is 0 Å². The zero-order valence-corrected chi connectivity index (χ0v) is 18.0. The maximum absolute atomic E-state index is 9.25. The Morgan fingerprint density at radius 3 is 2.24 bits per heavy atom. The first-order valence-corrected chi connectivity index (χ1v) is 10.6. The van der Waals surface area contributed by atoms with E-state index in [1.54, 1.807) is 18.4 Å². The molecular formula is C25H26O3S. The Labute approximate surface area is 176 Å². The lowest BCUT2D eigenvalue weighted by Gasteiger charge is -2.10. The number of fused-ring (bicyclic) bond motifs is 1. The SMILES string of the molecule is CC.COc1ccc2c(Oc3ccc(CO)cc3)c(-c3ccccc3C)sc2c1. The molecule has 0 atom stereocenters. The topological polar surface area (TPSA) is 38.7 Å². The normalized spacial score (nSPS) is 10.4. The predicted octanol–water partition coefficient (Wildman–Crippen LogP) is 7.20. The van der Waals surface area contributed by atoms with Gasteiger partial charge in [0.2, 0.25) is 0 Å². The first-order chi connectivity index (χ1) is 14.2. The molecule has 0 amide bonds. The smallest absolute Gasteiger partial charge is 0.153 e. The van der Waals surface area contributed by atoms with E-state index in [4.69, 9.17) is 9.47 Å². The molecule has 1 N–H and O–H groups in total. The zero-order chi connectivity index (χ0) is 20.8. The minimum absolute atomic E-state index is 0.0237. The molecule has 29 heavy (non-hydrogen) atoms. The van der Waals surface area contributed by atoms with E-state index in [9.17, 15) is 5.11 Å². The van der Waals surface area contributed by atoms with E-state index in [1.165, 1.54) is 11.1 Å². The van der Waals surface area contributed by atoms with E-state index in [2.05, 4.69) is 19.1 Å². The molecule has 0 radical (unpaired) electrons. The molecule has 3 aromatic carbocycles. The summed E-state index contributed by atoms with van der Waals surface area (Å²) in [5.41, 5.74) is 3.23. The minimum Gasteiger partial charge on any atom is -0.497 e. The van der Waals surface area contributed by atoms with E-state index in [1.807, 2.05) is 68.4 Å². The van der Waals surface area contributed by atoms with Crippen molar-refractivity contribution in [3.63, 3.8) is 0 Å². The van der Waals surface area contributed by atoms with Crippen molar-refractivity contribution in [2.24, 2.45) is 0 Å². The maximum Gasteiger partial charge on any atom is 0.153 e. The second kappa shape index (κ2) is 9.59. The molecule has 0 saturated heterocycles. The summed E-state index contributed by atoms with van der Waals surface area (Å²) in [5.74, 6) is 2.43. The van der Waals surface area contributed by atoms with Crippen LogP contribution in [-0.2, 0) is 6.61 Å². The third-order valence-corrected chi connectivity index (χ3v) is 5.73. The number of hydrogen-bond acceptors (Lipinski definition) is 4. The molecule has 1 aromatic heterocycles. The summed E-state index contributed by atoms with van der Waals surface area (Å²) in [6.45, 7) is 6.13. The predicted molar refractivity (Wildman–Crippen MR) is 122 cm³/mol. The molecule has 0 aliphatic heterocycles. The van der Waals surface area contributed by atoms with E-state index < -0.39 is 0 Å². The lowest BCUT2D eigenvalue weighted by atomic mass is 10.1. The number of methoxy groups -OCH3 is 1. The third-order valence-electron chi connectivity index (χ3n) is 4.57. The average Bonchev–Trinajstić information content (AvgIpc) is 3.13. The van der Waals surface area contributed by atoms with Crippen LogP contribution in [0.3, 0.4) is 0 Å². The van der Waals surface area contributed by atoms with Crippen LogP contribution in [-0.4, -0.2) is 12.2 Å². The van der Waals surface area contributed by atoms with Gasteiger partial charge in [0.1, 0.15) is 11.5 Å². The fourth-order valence-corrected chi connectivity index (χ4v) is 4.32. The van der Waals surface area contributed by atoms with Crippen LogP contribution in [0, 0.1) is 6.92 Å². The molecule has 0 spiro atoms. The van der Waals surface area contributed by atoms with Crippen molar-refractivity contribution in [2.45, 2.75) is 27.4 Å². The van der Waals surface area contributed by atoms with Gasteiger partial charge in [-0.15, -0.1) is 11.3 Å². The number of aliphatic hydroxyl groups excluding tert-OH is 1. The van der Waals surface area contributed by atoms with Crippen LogP contribution in [0.5, 0.6) is 17.2 Å². The number of benzene rings is 3. The van der Waals surface area contributed by atoms with Gasteiger partial charge in [0.05, 0.1) is 18.6 Å². The fraction of sp³-hybridized carbons (Fsp3) is 0.200. The van der Waals surface area contributed by atoms with Crippen LogP contribution in [0.15, 0.2) is 66.7 Å². The molecule has 0 aliphatic carbocycles. The number of thiophene rings is 1. The van der Waals surface area contributed by atoms with Gasteiger partial charge in [-0.1, -0.05) is 50.2 Å². The Bertz CT molecular complexity index is 1080. The highest BCUT2D eigenvalue weighted by molar-refractivity contribution is 7.22. The number of rotatable bonds is 5. The average molecular weight is 407 g/mol. The van der Waals surface area contributed by atoms with Crippen LogP contribution in [0.4, 0.5) is 0 Å². The quantitative estimate of drug-likeness (QED) is 0.381. The summed E-state index contributed by atoms with van der Waals surface area (Å²) in [6, 6.07) is 21.9. The van der Waals surface area contributed by atoms with Gasteiger partial charge in [0.25, 0.3) is 0 Å². The summed E-state index contributed by atoms with van der Waals surface area (Å²) < 4.78 is 12.8. The summed E-state index contributed by atoms with van der Waals surface area (Å²) in [6.07, 6.45) is 0. The van der Waals surface area contributed by atoms with Crippen LogP contribution in [0.1, 0.15) is 25.0 Å². The first-order valence-electron chi connectivity index (χ1n) is 9.74. The van der Waals surface area contributed by atoms with Gasteiger partial charge in [0.15, 0.2) is 5.75 Å². The first kappa shape index (κ1) is 20.9. The van der Waals surface area contributed by atoms with Crippen LogP contribution < -0.4 is 9.47 Å². The molecule has 0 unspecified atom stereocenters. The molecule has 4 heteroatoms. The molecule has 0 bridgehead atoms. The third kappa shape index (κ3) is 4.44. The lowest BCUT2D eigenvalue weighted by Crippen LogP contribution is -1.88. The molecular weight excluding hydrogens is 380 g/mol. The Morgan fingerprint density at radius 1 is 0.897 bits per heavy atom. The highest BCUT2D eigenvalue weighted by Gasteiger charge is 2.18. The number of aryl methyl sites for hydroxylation is 1.